The average molecular weight is 316 g/mol. The first-order valence-corrected chi connectivity index (χ1v) is 9.46. The Morgan fingerprint density at radius 1 is 1.35 bits per heavy atom. The summed E-state index contributed by atoms with van der Waals surface area (Å²) in [4.78, 5) is 0.996. The molecule has 6 heteroatoms. The molecule has 0 radical (unpaired) electrons. The molecule has 20 heavy (non-hydrogen) atoms. The molecule has 4 nitrogen and oxygen atoms in total. The fourth-order valence-corrected chi connectivity index (χ4v) is 4.71. The summed E-state index contributed by atoms with van der Waals surface area (Å²) in [5, 5.41) is 0. The second-order valence-electron chi connectivity index (χ2n) is 5.12. The Hall–Kier alpha value is -0.720. The zero-order chi connectivity index (χ0) is 15.2. The largest absolute Gasteiger partial charge is 0.399 e. The third kappa shape index (κ3) is 6.15. The zero-order valence-corrected chi connectivity index (χ0v) is 13.9. The number of nitrogens with two attached hydrogens (primary N) is 1. The van der Waals surface area contributed by atoms with Crippen molar-refractivity contribution in [2.45, 2.75) is 38.1 Å². The van der Waals surface area contributed by atoms with Crippen LogP contribution in [0.2, 0.25) is 0 Å². The fraction of sp³-hybridized carbons (Fsp3) is 0.571. The van der Waals surface area contributed by atoms with E-state index in [2.05, 4.69) is 4.72 Å². The van der Waals surface area contributed by atoms with Gasteiger partial charge in [0.1, 0.15) is 0 Å². The lowest BCUT2D eigenvalue weighted by Gasteiger charge is -2.20. The standard InChI is InChI=1S/C14H24N2O2S2/c1-4-14(11(2)3)16-20(17,18)9-8-19-13-7-5-6-12(15)10-13/h5-7,10-11,14,16H,4,8-9,15H2,1-3H3. The van der Waals surface area contributed by atoms with Crippen molar-refractivity contribution < 1.29 is 8.42 Å². The topological polar surface area (TPSA) is 72.2 Å². The van der Waals surface area contributed by atoms with Crippen LogP contribution in [-0.2, 0) is 10.0 Å². The molecule has 1 unspecified atom stereocenters. The highest BCUT2D eigenvalue weighted by Gasteiger charge is 2.18. The van der Waals surface area contributed by atoms with E-state index in [1.807, 2.05) is 45.0 Å². The summed E-state index contributed by atoms with van der Waals surface area (Å²) in [6, 6.07) is 7.49. The smallest absolute Gasteiger partial charge is 0.212 e. The molecule has 1 aromatic carbocycles. The maximum absolute atomic E-state index is 12.0. The van der Waals surface area contributed by atoms with Gasteiger partial charge < -0.3 is 5.73 Å². The minimum atomic E-state index is -3.22. The van der Waals surface area contributed by atoms with Gasteiger partial charge in [0.05, 0.1) is 5.75 Å². The summed E-state index contributed by atoms with van der Waals surface area (Å²) in [6.45, 7) is 6.05. The number of nitrogens with one attached hydrogen (secondary N) is 1. The average Bonchev–Trinajstić information content (AvgIpc) is 2.35. The summed E-state index contributed by atoms with van der Waals surface area (Å²) < 4.78 is 26.8. The molecule has 1 atom stereocenters. The van der Waals surface area contributed by atoms with Gasteiger partial charge in [-0.3, -0.25) is 0 Å². The fourth-order valence-electron chi connectivity index (χ4n) is 1.85. The molecule has 0 aliphatic heterocycles. The Kier molecular flexibility index (Phi) is 6.85. The normalized spacial score (nSPS) is 13.6. The van der Waals surface area contributed by atoms with Crippen molar-refractivity contribution in [3.63, 3.8) is 0 Å². The minimum Gasteiger partial charge on any atom is -0.399 e. The highest BCUT2D eigenvalue weighted by Crippen LogP contribution is 2.20. The van der Waals surface area contributed by atoms with Gasteiger partial charge in [0.15, 0.2) is 0 Å². The Labute approximate surface area is 126 Å². The number of rotatable bonds is 8. The Morgan fingerprint density at radius 3 is 2.60 bits per heavy atom. The third-order valence-corrected chi connectivity index (χ3v) is 5.71. The van der Waals surface area contributed by atoms with Crippen molar-refractivity contribution in [1.82, 2.24) is 4.72 Å². The number of hydrogen-bond acceptors (Lipinski definition) is 4. The third-order valence-electron chi connectivity index (χ3n) is 3.05. The van der Waals surface area contributed by atoms with Crippen LogP contribution >= 0.6 is 11.8 Å². The highest BCUT2D eigenvalue weighted by molar-refractivity contribution is 8.00. The minimum absolute atomic E-state index is 0.0115. The van der Waals surface area contributed by atoms with Crippen LogP contribution in [0, 0.1) is 5.92 Å². The van der Waals surface area contributed by atoms with Gasteiger partial charge in [-0.2, -0.15) is 0 Å². The van der Waals surface area contributed by atoms with E-state index < -0.39 is 10.0 Å². The lowest BCUT2D eigenvalue weighted by Crippen LogP contribution is -2.39. The molecule has 114 valence electrons. The van der Waals surface area contributed by atoms with Crippen molar-refractivity contribution in [1.29, 1.82) is 0 Å². The molecule has 0 amide bonds. The molecule has 0 saturated carbocycles. The molecule has 0 heterocycles. The summed E-state index contributed by atoms with van der Waals surface area (Å²) in [5.41, 5.74) is 6.39. The molecule has 1 rings (SSSR count). The summed E-state index contributed by atoms with van der Waals surface area (Å²) in [5.74, 6) is 0.944. The maximum atomic E-state index is 12.0. The molecule has 1 aromatic rings. The van der Waals surface area contributed by atoms with E-state index in [9.17, 15) is 8.42 Å². The van der Waals surface area contributed by atoms with Crippen molar-refractivity contribution in [2.75, 3.05) is 17.2 Å². The van der Waals surface area contributed by atoms with Crippen LogP contribution in [0.15, 0.2) is 29.2 Å². The molecule has 0 fully saturated rings. The monoisotopic (exact) mass is 316 g/mol. The molecule has 3 N–H and O–H groups in total. The quantitative estimate of drug-likeness (QED) is 0.571. The number of sulfonamides is 1. The van der Waals surface area contributed by atoms with Gasteiger partial charge in [-0.15, -0.1) is 11.8 Å². The Morgan fingerprint density at radius 2 is 2.05 bits per heavy atom. The van der Waals surface area contributed by atoms with Crippen LogP contribution in [0.25, 0.3) is 0 Å². The summed E-state index contributed by atoms with van der Waals surface area (Å²) in [7, 11) is -3.22. The molecular formula is C14H24N2O2S2. The zero-order valence-electron chi connectivity index (χ0n) is 12.3. The van der Waals surface area contributed by atoms with Gasteiger partial charge in [-0.25, -0.2) is 13.1 Å². The van der Waals surface area contributed by atoms with E-state index in [-0.39, 0.29) is 11.8 Å². The number of nitrogen functional groups attached to an aromatic ring is 1. The molecule has 0 bridgehead atoms. The first-order valence-electron chi connectivity index (χ1n) is 6.82. The van der Waals surface area contributed by atoms with Gasteiger partial charge in [0.25, 0.3) is 0 Å². The van der Waals surface area contributed by atoms with E-state index in [0.29, 0.717) is 17.4 Å². The molecule has 0 spiro atoms. The van der Waals surface area contributed by atoms with Crippen molar-refractivity contribution in [2.24, 2.45) is 5.92 Å². The molecule has 0 aromatic heterocycles. The second-order valence-corrected chi connectivity index (χ2v) is 8.16. The van der Waals surface area contributed by atoms with Crippen molar-refractivity contribution >= 4 is 27.5 Å². The predicted molar refractivity (Wildman–Crippen MR) is 87.4 cm³/mol. The molecule has 0 aliphatic rings. The van der Waals surface area contributed by atoms with Crippen LogP contribution < -0.4 is 10.5 Å². The number of anilines is 1. The predicted octanol–water partition coefficient (Wildman–Crippen LogP) is 2.71. The van der Waals surface area contributed by atoms with Crippen molar-refractivity contribution in [3.8, 4) is 0 Å². The molecule has 0 aliphatic carbocycles. The van der Waals surface area contributed by atoms with Gasteiger partial charge >= 0.3 is 0 Å². The van der Waals surface area contributed by atoms with E-state index in [1.54, 1.807) is 0 Å². The number of hydrogen-bond donors (Lipinski definition) is 2. The van der Waals surface area contributed by atoms with Gasteiger partial charge in [0.2, 0.25) is 10.0 Å². The maximum Gasteiger partial charge on any atom is 0.212 e. The van der Waals surface area contributed by atoms with Crippen LogP contribution in [-0.4, -0.2) is 26.0 Å². The van der Waals surface area contributed by atoms with E-state index in [0.717, 1.165) is 11.3 Å². The lowest BCUT2D eigenvalue weighted by molar-refractivity contribution is 0.437. The van der Waals surface area contributed by atoms with Gasteiger partial charge in [-0.1, -0.05) is 26.8 Å². The first-order chi connectivity index (χ1) is 9.34. The van der Waals surface area contributed by atoms with E-state index >= 15 is 0 Å². The number of benzene rings is 1. The van der Waals surface area contributed by atoms with Crippen molar-refractivity contribution in [3.05, 3.63) is 24.3 Å². The Bertz CT molecular complexity index is 516. The van der Waals surface area contributed by atoms with Crippen LogP contribution in [0.4, 0.5) is 5.69 Å². The van der Waals surface area contributed by atoms with E-state index in [4.69, 9.17) is 5.73 Å². The summed E-state index contributed by atoms with van der Waals surface area (Å²) in [6.07, 6.45) is 0.805. The van der Waals surface area contributed by atoms with Gasteiger partial charge in [-0.05, 0) is 30.5 Å². The second kappa shape index (κ2) is 7.90. The molecule has 0 saturated heterocycles. The SMILES string of the molecule is CCC(NS(=O)(=O)CCSc1cccc(N)c1)C(C)C. The lowest BCUT2D eigenvalue weighted by atomic mass is 10.0. The Balaban J connectivity index is 2.47. The van der Waals surface area contributed by atoms with Crippen LogP contribution in [0.1, 0.15) is 27.2 Å². The van der Waals surface area contributed by atoms with E-state index in [1.165, 1.54) is 11.8 Å². The van der Waals surface area contributed by atoms with Gasteiger partial charge in [0, 0.05) is 22.4 Å². The van der Waals surface area contributed by atoms with Crippen LogP contribution in [0.5, 0.6) is 0 Å². The summed E-state index contributed by atoms with van der Waals surface area (Å²) >= 11 is 1.51. The molecular weight excluding hydrogens is 292 g/mol. The van der Waals surface area contributed by atoms with Crippen LogP contribution in [0.3, 0.4) is 0 Å². The highest BCUT2D eigenvalue weighted by atomic mass is 32.2. The first kappa shape index (κ1) is 17.3. The number of thioether (sulfide) groups is 1.